The summed E-state index contributed by atoms with van der Waals surface area (Å²) in [6.45, 7) is 6.71. The van der Waals surface area contributed by atoms with Gasteiger partial charge >= 0.3 is 12.1 Å². The summed E-state index contributed by atoms with van der Waals surface area (Å²) in [6.07, 6.45) is -0.519. The van der Waals surface area contributed by atoms with Gasteiger partial charge in [0, 0.05) is 26.1 Å². The van der Waals surface area contributed by atoms with Crippen molar-refractivity contribution in [3.63, 3.8) is 0 Å². The van der Waals surface area contributed by atoms with E-state index in [-0.39, 0.29) is 25.6 Å². The average Bonchev–Trinajstić information content (AvgIpc) is 3.13. The molecule has 3 rings (SSSR count). The minimum absolute atomic E-state index is 0.102. The van der Waals surface area contributed by atoms with Gasteiger partial charge in [0.2, 0.25) is 5.91 Å². The van der Waals surface area contributed by atoms with Crippen molar-refractivity contribution in [3.8, 4) is 11.1 Å². The second kappa shape index (κ2) is 10.5. The molecule has 0 radical (unpaired) electrons. The fourth-order valence-corrected chi connectivity index (χ4v) is 4.11. The monoisotopic (exact) mass is 482 g/mol. The molecule has 2 aromatic carbocycles. The van der Waals surface area contributed by atoms with Crippen LogP contribution < -0.4 is 10.6 Å². The van der Waals surface area contributed by atoms with Crippen LogP contribution in [-0.2, 0) is 19.1 Å². The number of nitrogens with one attached hydrogen (secondary N) is 2. The first-order valence-electron chi connectivity index (χ1n) is 11.7. The standard InChI is InChI=1S/C27H34N2O6/c1-26(2,24(31)32)27(3,4)29-23(30)22(14-15-34-5)28-25(33)35-16-21-19-12-8-6-10-17(19)18-11-7-9-13-20(18)21/h6-13,21-22H,14-16H2,1-5H3,(H,28,33)(H,29,30)(H,31,32). The van der Waals surface area contributed by atoms with Crippen LogP contribution in [0.3, 0.4) is 0 Å². The van der Waals surface area contributed by atoms with Crippen molar-refractivity contribution < 1.29 is 29.0 Å². The maximum atomic E-state index is 13.0. The van der Waals surface area contributed by atoms with Gasteiger partial charge in [0.15, 0.2) is 0 Å². The lowest BCUT2D eigenvalue weighted by molar-refractivity contribution is -0.152. The summed E-state index contributed by atoms with van der Waals surface area (Å²) in [5.41, 5.74) is 2.11. The summed E-state index contributed by atoms with van der Waals surface area (Å²) in [4.78, 5) is 37.4. The minimum Gasteiger partial charge on any atom is -0.481 e. The van der Waals surface area contributed by atoms with Crippen molar-refractivity contribution in [1.29, 1.82) is 0 Å². The minimum atomic E-state index is -1.24. The molecule has 2 aromatic rings. The number of alkyl carbamates (subject to hydrolysis) is 1. The summed E-state index contributed by atoms with van der Waals surface area (Å²) in [6, 6.07) is 15.1. The van der Waals surface area contributed by atoms with Gasteiger partial charge in [-0.25, -0.2) is 4.79 Å². The fraction of sp³-hybridized carbons (Fsp3) is 0.444. The predicted molar refractivity (Wildman–Crippen MR) is 132 cm³/mol. The third-order valence-corrected chi connectivity index (χ3v) is 7.10. The molecule has 0 saturated carbocycles. The summed E-state index contributed by atoms with van der Waals surface area (Å²) in [7, 11) is 1.50. The number of rotatable bonds is 10. The highest BCUT2D eigenvalue weighted by Gasteiger charge is 2.45. The van der Waals surface area contributed by atoms with Crippen molar-refractivity contribution in [3.05, 3.63) is 59.7 Å². The SMILES string of the molecule is COCCC(NC(=O)OCC1c2ccccc2-c2ccccc21)C(=O)NC(C)(C)C(C)(C)C(=O)O. The molecule has 1 unspecified atom stereocenters. The number of carbonyl (C=O) groups excluding carboxylic acids is 2. The number of carbonyl (C=O) groups is 3. The zero-order valence-electron chi connectivity index (χ0n) is 20.9. The highest BCUT2D eigenvalue weighted by Crippen LogP contribution is 2.44. The van der Waals surface area contributed by atoms with Crippen molar-refractivity contribution in [2.24, 2.45) is 5.41 Å². The van der Waals surface area contributed by atoms with E-state index >= 15 is 0 Å². The van der Waals surface area contributed by atoms with Crippen LogP contribution >= 0.6 is 0 Å². The van der Waals surface area contributed by atoms with Gasteiger partial charge < -0.3 is 25.2 Å². The molecule has 3 N–H and O–H groups in total. The van der Waals surface area contributed by atoms with Crippen molar-refractivity contribution >= 4 is 18.0 Å². The highest BCUT2D eigenvalue weighted by molar-refractivity contribution is 5.87. The number of hydrogen-bond donors (Lipinski definition) is 3. The molecule has 188 valence electrons. The zero-order chi connectivity index (χ0) is 25.8. The first-order chi connectivity index (χ1) is 16.5. The summed E-state index contributed by atoms with van der Waals surface area (Å²) < 4.78 is 10.7. The molecule has 1 aliphatic carbocycles. The molecule has 0 saturated heterocycles. The Morgan fingerprint density at radius 1 is 0.971 bits per heavy atom. The van der Waals surface area contributed by atoms with Gasteiger partial charge in [-0.2, -0.15) is 0 Å². The van der Waals surface area contributed by atoms with Crippen LogP contribution in [0, 0.1) is 5.41 Å². The quantitative estimate of drug-likeness (QED) is 0.473. The molecule has 0 bridgehead atoms. The van der Waals surface area contributed by atoms with Gasteiger partial charge in [0.25, 0.3) is 0 Å². The molecule has 8 heteroatoms. The second-order valence-corrected chi connectivity index (χ2v) is 9.85. The van der Waals surface area contributed by atoms with E-state index in [1.54, 1.807) is 27.7 Å². The average molecular weight is 483 g/mol. The van der Waals surface area contributed by atoms with E-state index in [4.69, 9.17) is 9.47 Å². The molecule has 1 aliphatic rings. The van der Waals surface area contributed by atoms with Gasteiger partial charge in [-0.3, -0.25) is 9.59 Å². The maximum absolute atomic E-state index is 13.0. The van der Waals surface area contributed by atoms with Gasteiger partial charge in [0.05, 0.1) is 11.0 Å². The van der Waals surface area contributed by atoms with Crippen LogP contribution in [0.15, 0.2) is 48.5 Å². The number of carboxylic acid groups (broad SMARTS) is 1. The Kier molecular flexibility index (Phi) is 7.85. The molecular formula is C27H34N2O6. The Morgan fingerprint density at radius 2 is 1.51 bits per heavy atom. The number of methoxy groups -OCH3 is 1. The second-order valence-electron chi connectivity index (χ2n) is 9.85. The van der Waals surface area contributed by atoms with Gasteiger partial charge in [-0.1, -0.05) is 48.5 Å². The van der Waals surface area contributed by atoms with Crippen molar-refractivity contribution in [2.75, 3.05) is 20.3 Å². The summed E-state index contributed by atoms with van der Waals surface area (Å²) in [5.74, 6) is -1.65. The molecule has 8 nitrogen and oxygen atoms in total. The summed E-state index contributed by atoms with van der Waals surface area (Å²) in [5, 5.41) is 15.0. The number of aliphatic carboxylic acids is 1. The van der Waals surface area contributed by atoms with Crippen LogP contribution in [0.25, 0.3) is 11.1 Å². The molecule has 0 spiro atoms. The smallest absolute Gasteiger partial charge is 0.407 e. The van der Waals surface area contributed by atoms with Crippen LogP contribution in [0.2, 0.25) is 0 Å². The van der Waals surface area contributed by atoms with E-state index in [0.717, 1.165) is 22.3 Å². The molecule has 1 atom stereocenters. The summed E-state index contributed by atoms with van der Waals surface area (Å²) >= 11 is 0. The first kappa shape index (κ1) is 26.2. The lowest BCUT2D eigenvalue weighted by Gasteiger charge is -2.39. The van der Waals surface area contributed by atoms with Gasteiger partial charge in [-0.15, -0.1) is 0 Å². The molecule has 0 aliphatic heterocycles. The van der Waals surface area contributed by atoms with Crippen LogP contribution in [0.5, 0.6) is 0 Å². The number of fused-ring (bicyclic) bond motifs is 3. The number of amides is 2. The topological polar surface area (TPSA) is 114 Å². The first-order valence-corrected chi connectivity index (χ1v) is 11.7. The van der Waals surface area contributed by atoms with E-state index in [1.165, 1.54) is 7.11 Å². The van der Waals surface area contributed by atoms with Crippen molar-refractivity contribution in [1.82, 2.24) is 10.6 Å². The zero-order valence-corrected chi connectivity index (χ0v) is 20.9. The Bertz CT molecular complexity index is 1050. The van der Waals surface area contributed by atoms with Crippen molar-refractivity contribution in [2.45, 2.75) is 51.6 Å². The van der Waals surface area contributed by atoms with Crippen LogP contribution in [0.1, 0.15) is 51.2 Å². The van der Waals surface area contributed by atoms with Gasteiger partial charge in [-0.05, 0) is 49.9 Å². The largest absolute Gasteiger partial charge is 0.481 e. The normalized spacial score (nSPS) is 14.0. The lowest BCUT2D eigenvalue weighted by Crippen LogP contribution is -2.60. The molecular weight excluding hydrogens is 448 g/mol. The number of carboxylic acids is 1. The fourth-order valence-electron chi connectivity index (χ4n) is 4.11. The molecule has 2 amide bonds. The van der Waals surface area contributed by atoms with E-state index < -0.39 is 35.0 Å². The Balaban J connectivity index is 1.68. The highest BCUT2D eigenvalue weighted by atomic mass is 16.5. The molecule has 0 fully saturated rings. The molecule has 0 heterocycles. The Morgan fingerprint density at radius 3 is 2.03 bits per heavy atom. The third-order valence-electron chi connectivity index (χ3n) is 7.10. The van der Waals surface area contributed by atoms with E-state index in [2.05, 4.69) is 22.8 Å². The number of benzene rings is 2. The molecule has 35 heavy (non-hydrogen) atoms. The van der Waals surface area contributed by atoms with E-state index in [9.17, 15) is 19.5 Å². The molecule has 0 aromatic heterocycles. The number of ether oxygens (including phenoxy) is 2. The van der Waals surface area contributed by atoms with Gasteiger partial charge in [0.1, 0.15) is 12.6 Å². The van der Waals surface area contributed by atoms with E-state index in [1.807, 2.05) is 36.4 Å². The van der Waals surface area contributed by atoms with Crippen LogP contribution in [-0.4, -0.2) is 55.0 Å². The Labute approximate surface area is 206 Å². The lowest BCUT2D eigenvalue weighted by atomic mass is 9.74. The Hall–Kier alpha value is -3.39. The maximum Gasteiger partial charge on any atom is 0.407 e. The van der Waals surface area contributed by atoms with E-state index in [0.29, 0.717) is 0 Å². The third kappa shape index (κ3) is 5.48. The van der Waals surface area contributed by atoms with Crippen LogP contribution in [0.4, 0.5) is 4.79 Å². The number of hydrogen-bond acceptors (Lipinski definition) is 5. The predicted octanol–water partition coefficient (Wildman–Crippen LogP) is 3.94.